The molecule has 3 nitrogen and oxygen atoms in total. The summed E-state index contributed by atoms with van der Waals surface area (Å²) in [6.07, 6.45) is 5.40. The smallest absolute Gasteiger partial charge is 0.175 e. The van der Waals surface area contributed by atoms with Crippen molar-refractivity contribution in [1.82, 2.24) is 10.2 Å². The van der Waals surface area contributed by atoms with Crippen molar-refractivity contribution in [2.24, 2.45) is 0 Å². The predicted octanol–water partition coefficient (Wildman–Crippen LogP) is 2.85. The second kappa shape index (κ2) is 5.47. The van der Waals surface area contributed by atoms with Gasteiger partial charge in [0.05, 0.1) is 13.3 Å². The maximum atomic E-state index is 5.47. The van der Waals surface area contributed by atoms with E-state index in [0.29, 0.717) is 0 Å². The Morgan fingerprint density at radius 1 is 1.26 bits per heavy atom. The molecule has 1 aliphatic carbocycles. The Labute approximate surface area is 120 Å². The summed E-state index contributed by atoms with van der Waals surface area (Å²) < 4.78 is 0. The zero-order chi connectivity index (χ0) is 13.2. The van der Waals surface area contributed by atoms with Crippen molar-refractivity contribution in [3.8, 4) is 0 Å². The molecule has 0 aromatic heterocycles. The van der Waals surface area contributed by atoms with E-state index in [1.165, 1.54) is 36.9 Å². The molecule has 1 saturated carbocycles. The summed E-state index contributed by atoms with van der Waals surface area (Å²) in [6.45, 7) is 3.93. The highest BCUT2D eigenvalue weighted by molar-refractivity contribution is 7.80. The van der Waals surface area contributed by atoms with Gasteiger partial charge in [-0.2, -0.15) is 0 Å². The molecular weight excluding hydrogens is 254 g/mol. The molecule has 4 heteroatoms. The molecular formula is C15H21N3S. The fourth-order valence-corrected chi connectivity index (χ4v) is 3.30. The number of thiocarbonyl (C=S) groups is 1. The fraction of sp³-hybridized carbons (Fsp3) is 0.533. The second-order valence-electron chi connectivity index (χ2n) is 5.58. The van der Waals surface area contributed by atoms with E-state index >= 15 is 0 Å². The van der Waals surface area contributed by atoms with Gasteiger partial charge in [0, 0.05) is 11.7 Å². The van der Waals surface area contributed by atoms with Crippen molar-refractivity contribution in [3.63, 3.8) is 0 Å². The topological polar surface area (TPSA) is 18.5 Å². The number of hydrogen-bond donors (Lipinski definition) is 1. The van der Waals surface area contributed by atoms with E-state index in [1.807, 2.05) is 0 Å². The molecule has 0 unspecified atom stereocenters. The van der Waals surface area contributed by atoms with Crippen molar-refractivity contribution >= 4 is 23.0 Å². The van der Waals surface area contributed by atoms with Crippen LogP contribution in [-0.4, -0.2) is 29.4 Å². The average molecular weight is 275 g/mol. The summed E-state index contributed by atoms with van der Waals surface area (Å²) in [5, 5.41) is 4.21. The molecule has 1 aromatic carbocycles. The van der Waals surface area contributed by atoms with Crippen LogP contribution in [0.1, 0.15) is 31.2 Å². The van der Waals surface area contributed by atoms with Crippen molar-refractivity contribution in [2.45, 2.75) is 38.6 Å². The number of anilines is 1. The third-order valence-electron chi connectivity index (χ3n) is 4.16. The van der Waals surface area contributed by atoms with Crippen LogP contribution in [0.5, 0.6) is 0 Å². The molecule has 1 heterocycles. The molecule has 2 aliphatic rings. The largest absolute Gasteiger partial charge is 0.349 e. The quantitative estimate of drug-likeness (QED) is 0.836. The van der Waals surface area contributed by atoms with Crippen LogP contribution in [0.25, 0.3) is 0 Å². The van der Waals surface area contributed by atoms with Gasteiger partial charge in [0.15, 0.2) is 5.11 Å². The molecule has 2 fully saturated rings. The SMILES string of the molecule is Cc1cccc(N2CN(C3CCCC3)CNC2=S)c1. The lowest BCUT2D eigenvalue weighted by molar-refractivity contribution is 0.188. The van der Waals surface area contributed by atoms with Crippen molar-refractivity contribution in [2.75, 3.05) is 18.2 Å². The minimum absolute atomic E-state index is 0.725. The first kappa shape index (κ1) is 12.9. The van der Waals surface area contributed by atoms with Crippen molar-refractivity contribution < 1.29 is 0 Å². The molecule has 102 valence electrons. The van der Waals surface area contributed by atoms with Gasteiger partial charge in [0.25, 0.3) is 0 Å². The van der Waals surface area contributed by atoms with E-state index in [0.717, 1.165) is 24.5 Å². The Kier molecular flexibility index (Phi) is 3.71. The van der Waals surface area contributed by atoms with Crippen LogP contribution >= 0.6 is 12.2 Å². The molecule has 19 heavy (non-hydrogen) atoms. The van der Waals surface area contributed by atoms with Gasteiger partial charge >= 0.3 is 0 Å². The molecule has 1 aromatic rings. The van der Waals surface area contributed by atoms with Gasteiger partial charge in [-0.05, 0) is 49.7 Å². The molecule has 0 amide bonds. The third-order valence-corrected chi connectivity index (χ3v) is 4.52. The molecule has 1 aliphatic heterocycles. The number of aryl methyl sites for hydroxylation is 1. The van der Waals surface area contributed by atoms with Crippen molar-refractivity contribution in [1.29, 1.82) is 0 Å². The summed E-state index contributed by atoms with van der Waals surface area (Å²) >= 11 is 5.47. The minimum atomic E-state index is 0.725. The van der Waals surface area contributed by atoms with Crippen LogP contribution in [0, 0.1) is 6.92 Å². The van der Waals surface area contributed by atoms with Crippen molar-refractivity contribution in [3.05, 3.63) is 29.8 Å². The van der Waals surface area contributed by atoms with Crippen LogP contribution in [0.4, 0.5) is 5.69 Å². The summed E-state index contributed by atoms with van der Waals surface area (Å²) in [7, 11) is 0. The van der Waals surface area contributed by atoms with E-state index in [4.69, 9.17) is 12.2 Å². The van der Waals surface area contributed by atoms with E-state index in [2.05, 4.69) is 46.3 Å². The van der Waals surface area contributed by atoms with Gasteiger partial charge in [0.2, 0.25) is 0 Å². The Balaban J connectivity index is 1.77. The highest BCUT2D eigenvalue weighted by Crippen LogP contribution is 2.26. The van der Waals surface area contributed by atoms with Gasteiger partial charge in [-0.25, -0.2) is 0 Å². The van der Waals surface area contributed by atoms with Gasteiger partial charge in [-0.1, -0.05) is 25.0 Å². The molecule has 3 rings (SSSR count). The molecule has 0 radical (unpaired) electrons. The van der Waals surface area contributed by atoms with E-state index < -0.39 is 0 Å². The Morgan fingerprint density at radius 3 is 2.79 bits per heavy atom. The number of hydrogen-bond acceptors (Lipinski definition) is 2. The van der Waals surface area contributed by atoms with Crippen LogP contribution < -0.4 is 10.2 Å². The second-order valence-corrected chi connectivity index (χ2v) is 5.96. The Bertz CT molecular complexity index is 468. The lowest BCUT2D eigenvalue weighted by Gasteiger charge is -2.41. The van der Waals surface area contributed by atoms with Crippen LogP contribution in [0.3, 0.4) is 0 Å². The summed E-state index contributed by atoms with van der Waals surface area (Å²) in [6, 6.07) is 9.29. The molecule has 1 saturated heterocycles. The normalized spacial score (nSPS) is 21.7. The minimum Gasteiger partial charge on any atom is -0.349 e. The van der Waals surface area contributed by atoms with Gasteiger partial charge in [-0.3, -0.25) is 4.90 Å². The first-order valence-electron chi connectivity index (χ1n) is 7.10. The van der Waals surface area contributed by atoms with E-state index in [1.54, 1.807) is 0 Å². The monoisotopic (exact) mass is 275 g/mol. The molecule has 1 N–H and O–H groups in total. The summed E-state index contributed by atoms with van der Waals surface area (Å²) in [4.78, 5) is 4.73. The number of benzene rings is 1. The maximum Gasteiger partial charge on any atom is 0.175 e. The molecule has 0 bridgehead atoms. The van der Waals surface area contributed by atoms with Crippen LogP contribution in [-0.2, 0) is 0 Å². The third kappa shape index (κ3) is 2.74. The maximum absolute atomic E-state index is 5.47. The van der Waals surface area contributed by atoms with Crippen LogP contribution in [0.15, 0.2) is 24.3 Å². The highest BCUT2D eigenvalue weighted by Gasteiger charge is 2.28. The Morgan fingerprint density at radius 2 is 2.05 bits per heavy atom. The average Bonchev–Trinajstić information content (AvgIpc) is 2.93. The highest BCUT2D eigenvalue weighted by atomic mass is 32.1. The van der Waals surface area contributed by atoms with E-state index in [-0.39, 0.29) is 0 Å². The van der Waals surface area contributed by atoms with Gasteiger partial charge in [0.1, 0.15) is 0 Å². The zero-order valence-corrected chi connectivity index (χ0v) is 12.2. The first-order chi connectivity index (χ1) is 9.24. The standard InChI is InChI=1S/C15H21N3S/c1-12-5-4-8-14(9-12)18-11-17(10-16-15(18)19)13-6-2-3-7-13/h4-5,8-9,13H,2-3,6-7,10-11H2,1H3,(H,16,19). The number of nitrogens with one attached hydrogen (secondary N) is 1. The van der Waals surface area contributed by atoms with Crippen LogP contribution in [0.2, 0.25) is 0 Å². The first-order valence-corrected chi connectivity index (χ1v) is 7.51. The number of rotatable bonds is 2. The Hall–Kier alpha value is -1.13. The number of nitrogens with zero attached hydrogens (tertiary/aromatic N) is 2. The fourth-order valence-electron chi connectivity index (χ4n) is 3.07. The zero-order valence-electron chi connectivity index (χ0n) is 11.4. The van der Waals surface area contributed by atoms with Gasteiger partial charge < -0.3 is 10.2 Å². The lowest BCUT2D eigenvalue weighted by atomic mass is 10.2. The molecule has 0 spiro atoms. The van der Waals surface area contributed by atoms with Gasteiger partial charge in [-0.15, -0.1) is 0 Å². The molecule has 0 atom stereocenters. The van der Waals surface area contributed by atoms with E-state index in [9.17, 15) is 0 Å². The summed E-state index contributed by atoms with van der Waals surface area (Å²) in [5.41, 5.74) is 2.47. The summed E-state index contributed by atoms with van der Waals surface area (Å²) in [5.74, 6) is 0. The predicted molar refractivity (Wildman–Crippen MR) is 83.2 cm³/mol. The lowest BCUT2D eigenvalue weighted by Crippen LogP contribution is -2.58.